The van der Waals surface area contributed by atoms with Crippen LogP contribution in [0.2, 0.25) is 0 Å². The smallest absolute Gasteiger partial charge is 0.413 e. The predicted molar refractivity (Wildman–Crippen MR) is 135 cm³/mol. The van der Waals surface area contributed by atoms with Crippen LogP contribution in [0.5, 0.6) is 0 Å². The number of anilines is 1. The van der Waals surface area contributed by atoms with Crippen LogP contribution in [0.4, 0.5) is 10.6 Å². The molecule has 1 aliphatic rings. The number of benzene rings is 3. The van der Waals surface area contributed by atoms with E-state index in [1.54, 1.807) is 6.20 Å². The Hall–Kier alpha value is -4.32. The SMILES string of the molecule is C[C@@H](OC(=O)Nc1[nH]ccc1-c1ccc(-c2ccc(C3(C(=O)O)CC3)cc2)cc1)c1ccccc1. The summed E-state index contributed by atoms with van der Waals surface area (Å²) in [7, 11) is 0. The van der Waals surface area contributed by atoms with Gasteiger partial charge in [-0.2, -0.15) is 0 Å². The molecule has 4 aromatic rings. The van der Waals surface area contributed by atoms with Crippen LogP contribution in [0.1, 0.15) is 37.0 Å². The fourth-order valence-electron chi connectivity index (χ4n) is 4.37. The molecule has 5 rings (SSSR count). The molecule has 6 nitrogen and oxygen atoms in total. The molecule has 1 aliphatic carbocycles. The molecule has 0 bridgehead atoms. The molecule has 0 spiro atoms. The number of ether oxygens (including phenoxy) is 1. The van der Waals surface area contributed by atoms with Gasteiger partial charge in [-0.1, -0.05) is 78.9 Å². The standard InChI is InChI=1S/C29H26N2O4/c1-19(20-5-3-2-4-6-20)35-28(34)31-26-25(15-18-30-26)23-9-7-21(8-10-23)22-11-13-24(14-12-22)29(16-17-29)27(32)33/h2-15,18-19,30H,16-17H2,1H3,(H,31,34)(H,32,33)/t19-/m1/s1. The molecule has 3 aromatic carbocycles. The van der Waals surface area contributed by atoms with E-state index in [9.17, 15) is 14.7 Å². The Labute approximate surface area is 203 Å². The molecule has 1 amide bonds. The lowest BCUT2D eigenvalue weighted by atomic mass is 9.93. The van der Waals surface area contributed by atoms with Crippen LogP contribution in [-0.2, 0) is 14.9 Å². The maximum absolute atomic E-state index is 12.5. The van der Waals surface area contributed by atoms with Crippen LogP contribution >= 0.6 is 0 Å². The molecular formula is C29H26N2O4. The number of amides is 1. The Kier molecular flexibility index (Phi) is 5.87. The first-order chi connectivity index (χ1) is 17.0. The van der Waals surface area contributed by atoms with Crippen molar-refractivity contribution in [2.45, 2.75) is 31.3 Å². The molecule has 1 saturated carbocycles. The van der Waals surface area contributed by atoms with Gasteiger partial charge >= 0.3 is 12.1 Å². The first kappa shape index (κ1) is 22.5. The van der Waals surface area contributed by atoms with Crippen molar-refractivity contribution in [2.75, 3.05) is 5.32 Å². The minimum absolute atomic E-state index is 0.370. The number of nitrogens with one attached hydrogen (secondary N) is 2. The zero-order chi connectivity index (χ0) is 24.4. The van der Waals surface area contributed by atoms with Crippen LogP contribution in [0.3, 0.4) is 0 Å². The number of carbonyl (C=O) groups excluding carboxylic acids is 1. The summed E-state index contributed by atoms with van der Waals surface area (Å²) in [5, 5.41) is 12.3. The number of hydrogen-bond acceptors (Lipinski definition) is 3. The third-order valence-corrected chi connectivity index (χ3v) is 6.65. The molecule has 1 atom stereocenters. The van der Waals surface area contributed by atoms with Crippen molar-refractivity contribution in [3.8, 4) is 22.3 Å². The van der Waals surface area contributed by atoms with E-state index < -0.39 is 17.5 Å². The number of hydrogen-bond donors (Lipinski definition) is 3. The first-order valence-electron chi connectivity index (χ1n) is 11.6. The summed E-state index contributed by atoms with van der Waals surface area (Å²) >= 11 is 0. The highest BCUT2D eigenvalue weighted by Gasteiger charge is 2.51. The molecule has 176 valence electrons. The Morgan fingerprint density at radius 3 is 2.09 bits per heavy atom. The zero-order valence-electron chi connectivity index (χ0n) is 19.3. The van der Waals surface area contributed by atoms with Crippen molar-refractivity contribution in [1.82, 2.24) is 4.98 Å². The monoisotopic (exact) mass is 466 g/mol. The Morgan fingerprint density at radius 1 is 0.886 bits per heavy atom. The summed E-state index contributed by atoms with van der Waals surface area (Å²) in [6.07, 6.45) is 2.26. The number of aliphatic carboxylic acids is 1. The van der Waals surface area contributed by atoms with Crippen LogP contribution in [0, 0.1) is 0 Å². The molecule has 1 aromatic heterocycles. The van der Waals surface area contributed by atoms with Gasteiger partial charge in [-0.15, -0.1) is 0 Å². The summed E-state index contributed by atoms with van der Waals surface area (Å²) in [6, 6.07) is 27.3. The number of rotatable bonds is 7. The van der Waals surface area contributed by atoms with E-state index in [0.29, 0.717) is 18.7 Å². The van der Waals surface area contributed by atoms with E-state index in [-0.39, 0.29) is 6.10 Å². The highest BCUT2D eigenvalue weighted by molar-refractivity contribution is 5.90. The molecular weight excluding hydrogens is 440 g/mol. The van der Waals surface area contributed by atoms with E-state index in [1.165, 1.54) is 0 Å². The van der Waals surface area contributed by atoms with E-state index in [0.717, 1.165) is 33.4 Å². The quantitative estimate of drug-likeness (QED) is 0.280. The van der Waals surface area contributed by atoms with Crippen molar-refractivity contribution < 1.29 is 19.4 Å². The second-order valence-electron chi connectivity index (χ2n) is 8.89. The summed E-state index contributed by atoms with van der Waals surface area (Å²) < 4.78 is 5.52. The Bertz CT molecular complexity index is 1340. The molecule has 35 heavy (non-hydrogen) atoms. The molecule has 0 unspecified atom stereocenters. The van der Waals surface area contributed by atoms with Crippen molar-refractivity contribution in [3.05, 3.63) is 102 Å². The predicted octanol–water partition coefficient (Wildman–Crippen LogP) is 6.77. The fourth-order valence-corrected chi connectivity index (χ4v) is 4.37. The van der Waals surface area contributed by atoms with Gasteiger partial charge in [0.2, 0.25) is 0 Å². The topological polar surface area (TPSA) is 91.4 Å². The minimum atomic E-state index is -0.746. The lowest BCUT2D eigenvalue weighted by Crippen LogP contribution is -2.19. The third kappa shape index (κ3) is 4.55. The average Bonchev–Trinajstić information content (AvgIpc) is 3.58. The van der Waals surface area contributed by atoms with Gasteiger partial charge in [0.15, 0.2) is 0 Å². The summed E-state index contributed by atoms with van der Waals surface area (Å²) in [4.78, 5) is 27.1. The molecule has 1 heterocycles. The molecule has 0 radical (unpaired) electrons. The van der Waals surface area contributed by atoms with Gasteiger partial charge < -0.3 is 14.8 Å². The van der Waals surface area contributed by atoms with Crippen LogP contribution in [0.15, 0.2) is 91.1 Å². The van der Waals surface area contributed by atoms with Gasteiger partial charge in [0.25, 0.3) is 0 Å². The van der Waals surface area contributed by atoms with Crippen molar-refractivity contribution in [2.24, 2.45) is 0 Å². The molecule has 0 aliphatic heterocycles. The van der Waals surface area contributed by atoms with Crippen LogP contribution < -0.4 is 5.32 Å². The molecule has 3 N–H and O–H groups in total. The first-order valence-corrected chi connectivity index (χ1v) is 11.6. The van der Waals surface area contributed by atoms with Crippen molar-refractivity contribution in [1.29, 1.82) is 0 Å². The van der Waals surface area contributed by atoms with E-state index in [1.807, 2.05) is 91.9 Å². The highest BCUT2D eigenvalue weighted by Crippen LogP contribution is 2.48. The van der Waals surface area contributed by atoms with Gasteiger partial charge in [-0.25, -0.2) is 4.79 Å². The zero-order valence-corrected chi connectivity index (χ0v) is 19.3. The summed E-state index contributed by atoms with van der Waals surface area (Å²) in [5.74, 6) is -0.181. The minimum Gasteiger partial charge on any atom is -0.481 e. The highest BCUT2D eigenvalue weighted by atomic mass is 16.6. The second-order valence-corrected chi connectivity index (χ2v) is 8.89. The molecule has 0 saturated heterocycles. The van der Waals surface area contributed by atoms with Gasteiger partial charge in [-0.05, 0) is 53.6 Å². The lowest BCUT2D eigenvalue weighted by Gasteiger charge is -2.14. The number of aromatic amines is 1. The van der Waals surface area contributed by atoms with Crippen LogP contribution in [-0.4, -0.2) is 22.2 Å². The number of aromatic nitrogens is 1. The van der Waals surface area contributed by atoms with Gasteiger partial charge in [0.05, 0.1) is 5.41 Å². The number of carbonyl (C=O) groups is 2. The average molecular weight is 467 g/mol. The van der Waals surface area contributed by atoms with E-state index >= 15 is 0 Å². The largest absolute Gasteiger partial charge is 0.481 e. The molecule has 1 fully saturated rings. The maximum Gasteiger partial charge on any atom is 0.413 e. The Balaban J connectivity index is 1.27. The van der Waals surface area contributed by atoms with Crippen LogP contribution in [0.25, 0.3) is 22.3 Å². The van der Waals surface area contributed by atoms with Crippen molar-refractivity contribution in [3.63, 3.8) is 0 Å². The number of carboxylic acids is 1. The van der Waals surface area contributed by atoms with Gasteiger partial charge in [0, 0.05) is 11.8 Å². The normalized spacial score (nSPS) is 14.7. The summed E-state index contributed by atoms with van der Waals surface area (Å²) in [6.45, 7) is 1.84. The fraction of sp³-hybridized carbons (Fsp3) is 0.172. The Morgan fingerprint density at radius 2 is 1.49 bits per heavy atom. The number of carboxylic acid groups (broad SMARTS) is 1. The maximum atomic E-state index is 12.5. The summed E-state index contributed by atoms with van der Waals surface area (Å²) in [5.41, 5.74) is 4.94. The van der Waals surface area contributed by atoms with Gasteiger partial charge in [-0.3, -0.25) is 10.1 Å². The molecule has 6 heteroatoms. The van der Waals surface area contributed by atoms with E-state index in [4.69, 9.17) is 4.74 Å². The second kappa shape index (κ2) is 9.14. The number of H-pyrrole nitrogens is 1. The van der Waals surface area contributed by atoms with E-state index in [2.05, 4.69) is 10.3 Å². The van der Waals surface area contributed by atoms with Crippen molar-refractivity contribution >= 4 is 17.9 Å². The lowest BCUT2D eigenvalue weighted by molar-refractivity contribution is -0.140. The van der Waals surface area contributed by atoms with Gasteiger partial charge in [0.1, 0.15) is 11.9 Å². The third-order valence-electron chi connectivity index (χ3n) is 6.65.